The van der Waals surface area contributed by atoms with Crippen molar-refractivity contribution in [3.8, 4) is 0 Å². The lowest BCUT2D eigenvalue weighted by molar-refractivity contribution is -0.117. The van der Waals surface area contributed by atoms with E-state index in [2.05, 4.69) is 15.6 Å². The average molecular weight is 398 g/mol. The van der Waals surface area contributed by atoms with Crippen LogP contribution in [-0.4, -0.2) is 49.6 Å². The number of fused-ring (bicyclic) bond motifs is 1. The van der Waals surface area contributed by atoms with Crippen molar-refractivity contribution in [3.05, 3.63) is 41.5 Å². The van der Waals surface area contributed by atoms with Crippen LogP contribution in [0.15, 0.2) is 28.8 Å². The number of nitrogens with zero attached hydrogens (tertiary/aromatic N) is 2. The normalized spacial score (nSPS) is 17.0. The molecule has 8 nitrogen and oxygen atoms in total. The molecule has 2 aromatic heterocycles. The molecule has 2 N–H and O–H groups in total. The molecule has 0 radical (unpaired) electrons. The summed E-state index contributed by atoms with van der Waals surface area (Å²) in [5, 5.41) is 5.93. The molecule has 29 heavy (non-hydrogen) atoms. The van der Waals surface area contributed by atoms with Crippen LogP contribution in [0.25, 0.3) is 0 Å². The van der Waals surface area contributed by atoms with E-state index in [9.17, 15) is 9.59 Å². The zero-order valence-electron chi connectivity index (χ0n) is 16.6. The molecular formula is C21H26N4O4. The van der Waals surface area contributed by atoms with Crippen LogP contribution in [0.1, 0.15) is 34.7 Å². The van der Waals surface area contributed by atoms with Gasteiger partial charge in [0.25, 0.3) is 5.91 Å². The highest BCUT2D eigenvalue weighted by Gasteiger charge is 2.29. The Labute approximate surface area is 169 Å². The lowest BCUT2D eigenvalue weighted by Gasteiger charge is -2.33. The van der Waals surface area contributed by atoms with Gasteiger partial charge in [-0.1, -0.05) is 0 Å². The molecule has 4 rings (SSSR count). The third-order valence-corrected chi connectivity index (χ3v) is 5.36. The molecule has 0 bridgehead atoms. The van der Waals surface area contributed by atoms with Crippen LogP contribution in [-0.2, 0) is 16.0 Å². The van der Waals surface area contributed by atoms with Crippen molar-refractivity contribution >= 4 is 23.3 Å². The number of aromatic nitrogens is 1. The SMILES string of the molecule is Cc1ccc(CCNC(=O)c2cnc3c(c2)N(CC2CCOCC2)C(=O)CN3)o1. The van der Waals surface area contributed by atoms with Crippen LogP contribution in [0.4, 0.5) is 11.5 Å². The summed E-state index contributed by atoms with van der Waals surface area (Å²) in [6.45, 7) is 4.66. The highest BCUT2D eigenvalue weighted by atomic mass is 16.5. The molecule has 0 unspecified atom stereocenters. The van der Waals surface area contributed by atoms with Gasteiger partial charge in [-0.15, -0.1) is 0 Å². The van der Waals surface area contributed by atoms with Crippen LogP contribution < -0.4 is 15.5 Å². The molecule has 0 spiro atoms. The average Bonchev–Trinajstić information content (AvgIpc) is 3.15. The van der Waals surface area contributed by atoms with Crippen molar-refractivity contribution in [2.75, 3.05) is 43.1 Å². The Morgan fingerprint density at radius 3 is 2.93 bits per heavy atom. The topological polar surface area (TPSA) is 96.7 Å². The molecule has 4 heterocycles. The van der Waals surface area contributed by atoms with Crippen molar-refractivity contribution in [3.63, 3.8) is 0 Å². The molecule has 154 valence electrons. The summed E-state index contributed by atoms with van der Waals surface area (Å²) in [7, 11) is 0. The summed E-state index contributed by atoms with van der Waals surface area (Å²) in [4.78, 5) is 31.3. The summed E-state index contributed by atoms with van der Waals surface area (Å²) in [5.41, 5.74) is 1.11. The Morgan fingerprint density at radius 1 is 1.34 bits per heavy atom. The Morgan fingerprint density at radius 2 is 2.17 bits per heavy atom. The highest BCUT2D eigenvalue weighted by molar-refractivity contribution is 6.04. The van der Waals surface area contributed by atoms with Crippen LogP contribution >= 0.6 is 0 Å². The molecule has 8 heteroatoms. The molecular weight excluding hydrogens is 372 g/mol. The lowest BCUT2D eigenvalue weighted by atomic mass is 9.99. The monoisotopic (exact) mass is 398 g/mol. The zero-order valence-corrected chi connectivity index (χ0v) is 16.6. The van der Waals surface area contributed by atoms with E-state index in [0.717, 1.165) is 37.6 Å². The van der Waals surface area contributed by atoms with E-state index in [4.69, 9.17) is 9.15 Å². The maximum absolute atomic E-state index is 12.6. The minimum Gasteiger partial charge on any atom is -0.466 e. The largest absolute Gasteiger partial charge is 0.466 e. The number of aryl methyl sites for hydroxylation is 1. The van der Waals surface area contributed by atoms with Gasteiger partial charge in [0.2, 0.25) is 5.91 Å². The highest BCUT2D eigenvalue weighted by Crippen LogP contribution is 2.30. The van der Waals surface area contributed by atoms with E-state index in [0.29, 0.717) is 42.5 Å². The molecule has 2 aliphatic rings. The van der Waals surface area contributed by atoms with Crippen molar-refractivity contribution in [1.29, 1.82) is 0 Å². The smallest absolute Gasteiger partial charge is 0.252 e. The van der Waals surface area contributed by atoms with Gasteiger partial charge in [-0.25, -0.2) is 4.98 Å². The summed E-state index contributed by atoms with van der Waals surface area (Å²) in [5.74, 6) is 2.51. The maximum atomic E-state index is 12.6. The van der Waals surface area contributed by atoms with Crippen LogP contribution in [0.2, 0.25) is 0 Å². The van der Waals surface area contributed by atoms with Gasteiger partial charge >= 0.3 is 0 Å². The molecule has 2 aliphatic heterocycles. The number of hydrogen-bond acceptors (Lipinski definition) is 6. The Bertz CT molecular complexity index is 889. The number of carbonyl (C=O) groups is 2. The van der Waals surface area contributed by atoms with Gasteiger partial charge in [-0.05, 0) is 43.9 Å². The van der Waals surface area contributed by atoms with Gasteiger partial charge < -0.3 is 24.7 Å². The third-order valence-electron chi connectivity index (χ3n) is 5.36. The molecule has 1 saturated heterocycles. The fourth-order valence-corrected chi connectivity index (χ4v) is 3.72. The van der Waals surface area contributed by atoms with Crippen molar-refractivity contribution in [1.82, 2.24) is 10.3 Å². The van der Waals surface area contributed by atoms with E-state index in [-0.39, 0.29) is 18.4 Å². The van der Waals surface area contributed by atoms with Crippen LogP contribution in [0, 0.1) is 12.8 Å². The summed E-state index contributed by atoms with van der Waals surface area (Å²) < 4.78 is 10.9. The van der Waals surface area contributed by atoms with Crippen LogP contribution in [0.5, 0.6) is 0 Å². The molecule has 0 aliphatic carbocycles. The number of ether oxygens (including phenoxy) is 1. The Balaban J connectivity index is 1.43. The number of furan rings is 1. The van der Waals surface area contributed by atoms with Gasteiger partial charge in [-0.2, -0.15) is 0 Å². The second kappa shape index (κ2) is 8.65. The fraction of sp³-hybridized carbons (Fsp3) is 0.476. The molecule has 2 amide bonds. The van der Waals surface area contributed by atoms with E-state index < -0.39 is 0 Å². The maximum Gasteiger partial charge on any atom is 0.252 e. The van der Waals surface area contributed by atoms with E-state index in [1.165, 1.54) is 0 Å². The quantitative estimate of drug-likeness (QED) is 0.774. The zero-order chi connectivity index (χ0) is 20.2. The number of carbonyl (C=O) groups excluding carboxylic acids is 2. The predicted molar refractivity (Wildman–Crippen MR) is 108 cm³/mol. The van der Waals surface area contributed by atoms with Gasteiger partial charge in [0.15, 0.2) is 0 Å². The number of anilines is 2. The van der Waals surface area contributed by atoms with Gasteiger partial charge in [0.1, 0.15) is 17.3 Å². The third kappa shape index (κ3) is 4.59. The molecule has 0 saturated carbocycles. The van der Waals surface area contributed by atoms with Crippen molar-refractivity contribution < 1.29 is 18.7 Å². The first-order valence-electron chi connectivity index (χ1n) is 10.1. The second-order valence-corrected chi connectivity index (χ2v) is 7.52. The number of hydrogen-bond donors (Lipinski definition) is 2. The van der Waals surface area contributed by atoms with Crippen molar-refractivity contribution in [2.24, 2.45) is 5.92 Å². The predicted octanol–water partition coefficient (Wildman–Crippen LogP) is 2.14. The summed E-state index contributed by atoms with van der Waals surface area (Å²) in [6.07, 6.45) is 4.04. The molecule has 0 aromatic carbocycles. The number of rotatable bonds is 6. The standard InChI is InChI=1S/C21H26N4O4/c1-14-2-3-17(29-14)4-7-22-21(27)16-10-18-20(23-11-16)24-12-19(26)25(18)13-15-5-8-28-9-6-15/h2-3,10-11,15H,4-9,12-13H2,1H3,(H,22,27)(H,23,24). The minimum atomic E-state index is -0.215. The van der Waals surface area contributed by atoms with E-state index in [1.807, 2.05) is 19.1 Å². The summed E-state index contributed by atoms with van der Waals surface area (Å²) >= 11 is 0. The van der Waals surface area contributed by atoms with E-state index >= 15 is 0 Å². The van der Waals surface area contributed by atoms with E-state index in [1.54, 1.807) is 17.2 Å². The first kappa shape index (κ1) is 19.4. The van der Waals surface area contributed by atoms with Gasteiger partial charge in [0, 0.05) is 38.9 Å². The molecule has 1 fully saturated rings. The Hall–Kier alpha value is -2.87. The number of pyridine rings is 1. The van der Waals surface area contributed by atoms with Gasteiger partial charge in [-0.3, -0.25) is 9.59 Å². The van der Waals surface area contributed by atoms with Crippen molar-refractivity contribution in [2.45, 2.75) is 26.2 Å². The second-order valence-electron chi connectivity index (χ2n) is 7.52. The first-order chi connectivity index (χ1) is 14.1. The number of nitrogens with one attached hydrogen (secondary N) is 2. The fourth-order valence-electron chi connectivity index (χ4n) is 3.72. The van der Waals surface area contributed by atoms with Crippen LogP contribution in [0.3, 0.4) is 0 Å². The number of amides is 2. The molecule has 2 aromatic rings. The minimum absolute atomic E-state index is 0.00320. The van der Waals surface area contributed by atoms with Gasteiger partial charge in [0.05, 0.1) is 17.8 Å². The molecule has 0 atom stereocenters. The lowest BCUT2D eigenvalue weighted by Crippen LogP contribution is -2.44. The first-order valence-corrected chi connectivity index (χ1v) is 10.1. The Kier molecular flexibility index (Phi) is 5.80. The summed E-state index contributed by atoms with van der Waals surface area (Å²) in [6, 6.07) is 5.56.